The molecule has 0 aliphatic carbocycles. The third kappa shape index (κ3) is 2.34. The van der Waals surface area contributed by atoms with Gasteiger partial charge in [-0.1, -0.05) is 24.3 Å². The lowest BCUT2D eigenvalue weighted by Crippen LogP contribution is -1.95. The van der Waals surface area contributed by atoms with E-state index in [-0.39, 0.29) is 5.78 Å². The molecular formula is C13H12O2. The average molecular weight is 200 g/mol. The molecule has 1 aromatic heterocycles. The summed E-state index contributed by atoms with van der Waals surface area (Å²) in [4.78, 5) is 10.9. The van der Waals surface area contributed by atoms with Crippen molar-refractivity contribution in [3.8, 4) is 11.1 Å². The molecule has 0 spiro atoms. The van der Waals surface area contributed by atoms with E-state index in [4.69, 9.17) is 4.42 Å². The van der Waals surface area contributed by atoms with Crippen LogP contribution >= 0.6 is 0 Å². The molecule has 0 saturated carbocycles. The van der Waals surface area contributed by atoms with Gasteiger partial charge in [-0.2, -0.15) is 0 Å². The fraction of sp³-hybridized carbons (Fsp3) is 0.154. The molecule has 0 bridgehead atoms. The van der Waals surface area contributed by atoms with Crippen molar-refractivity contribution in [3.05, 3.63) is 48.4 Å². The van der Waals surface area contributed by atoms with Gasteiger partial charge in [-0.05, 0) is 24.1 Å². The van der Waals surface area contributed by atoms with Crippen LogP contribution in [0.2, 0.25) is 0 Å². The molecule has 0 amide bonds. The van der Waals surface area contributed by atoms with Crippen LogP contribution in [0.15, 0.2) is 47.3 Å². The summed E-state index contributed by atoms with van der Waals surface area (Å²) in [6, 6.07) is 9.87. The number of hydrogen-bond donors (Lipinski definition) is 0. The zero-order valence-electron chi connectivity index (χ0n) is 8.57. The van der Waals surface area contributed by atoms with Crippen LogP contribution in [0, 0.1) is 0 Å². The zero-order valence-corrected chi connectivity index (χ0v) is 8.57. The van der Waals surface area contributed by atoms with Gasteiger partial charge < -0.3 is 4.42 Å². The molecule has 2 rings (SSSR count). The van der Waals surface area contributed by atoms with Gasteiger partial charge in [0.05, 0.1) is 12.5 Å². The number of Topliss-reactive ketones (excluding diaryl/α,β-unsaturated/α-hetero) is 1. The van der Waals surface area contributed by atoms with Crippen LogP contribution < -0.4 is 0 Å². The van der Waals surface area contributed by atoms with Crippen molar-refractivity contribution in [2.45, 2.75) is 13.3 Å². The summed E-state index contributed by atoms with van der Waals surface area (Å²) in [5.74, 6) is 0.186. The van der Waals surface area contributed by atoms with Gasteiger partial charge in [0.2, 0.25) is 0 Å². The molecule has 0 fully saturated rings. The van der Waals surface area contributed by atoms with Gasteiger partial charge in [-0.3, -0.25) is 4.79 Å². The molecule has 2 heteroatoms. The Hall–Kier alpha value is -1.83. The second-order valence-electron chi connectivity index (χ2n) is 3.59. The molecular weight excluding hydrogens is 188 g/mol. The highest BCUT2D eigenvalue weighted by atomic mass is 16.3. The van der Waals surface area contributed by atoms with Crippen molar-refractivity contribution >= 4 is 5.78 Å². The summed E-state index contributed by atoms with van der Waals surface area (Å²) in [5.41, 5.74) is 3.22. The van der Waals surface area contributed by atoms with Gasteiger partial charge >= 0.3 is 0 Å². The SMILES string of the molecule is CC(=O)Cc1ccc(-c2ccoc2)cc1. The lowest BCUT2D eigenvalue weighted by molar-refractivity contribution is -0.116. The van der Waals surface area contributed by atoms with E-state index in [1.54, 1.807) is 19.5 Å². The first kappa shape index (κ1) is 9.71. The number of ketones is 1. The van der Waals surface area contributed by atoms with Gasteiger partial charge in [0.25, 0.3) is 0 Å². The molecule has 0 unspecified atom stereocenters. The van der Waals surface area contributed by atoms with Crippen LogP contribution in [0.1, 0.15) is 12.5 Å². The largest absolute Gasteiger partial charge is 0.472 e. The van der Waals surface area contributed by atoms with E-state index >= 15 is 0 Å². The molecule has 2 aromatic rings. The van der Waals surface area contributed by atoms with Crippen molar-refractivity contribution < 1.29 is 9.21 Å². The Kier molecular flexibility index (Phi) is 2.68. The van der Waals surface area contributed by atoms with Crippen LogP contribution in [0.25, 0.3) is 11.1 Å². The molecule has 76 valence electrons. The molecule has 1 aromatic carbocycles. The summed E-state index contributed by atoms with van der Waals surface area (Å²) in [6.07, 6.45) is 3.87. The van der Waals surface area contributed by atoms with Gasteiger partial charge in [0, 0.05) is 12.0 Å². The average Bonchev–Trinajstić information content (AvgIpc) is 2.71. The first-order valence-corrected chi connectivity index (χ1v) is 4.86. The summed E-state index contributed by atoms with van der Waals surface area (Å²) < 4.78 is 5.01. The third-order valence-electron chi connectivity index (χ3n) is 2.26. The highest BCUT2D eigenvalue weighted by Crippen LogP contribution is 2.20. The Morgan fingerprint density at radius 2 is 1.87 bits per heavy atom. The normalized spacial score (nSPS) is 10.2. The number of carbonyl (C=O) groups is 1. The van der Waals surface area contributed by atoms with E-state index in [1.165, 1.54) is 0 Å². The molecule has 0 aliphatic rings. The second-order valence-corrected chi connectivity index (χ2v) is 3.59. The van der Waals surface area contributed by atoms with Crippen LogP contribution in [-0.4, -0.2) is 5.78 Å². The minimum Gasteiger partial charge on any atom is -0.472 e. The Morgan fingerprint density at radius 1 is 1.13 bits per heavy atom. The van der Waals surface area contributed by atoms with Crippen molar-refractivity contribution in [2.24, 2.45) is 0 Å². The molecule has 0 aliphatic heterocycles. The highest BCUT2D eigenvalue weighted by molar-refractivity contribution is 5.78. The van der Waals surface area contributed by atoms with E-state index in [9.17, 15) is 4.79 Å². The third-order valence-corrected chi connectivity index (χ3v) is 2.26. The first-order valence-electron chi connectivity index (χ1n) is 4.86. The number of furan rings is 1. The van der Waals surface area contributed by atoms with E-state index in [0.717, 1.165) is 16.7 Å². The zero-order chi connectivity index (χ0) is 10.7. The maximum absolute atomic E-state index is 10.9. The van der Waals surface area contributed by atoms with Crippen molar-refractivity contribution in [3.63, 3.8) is 0 Å². The van der Waals surface area contributed by atoms with Gasteiger partial charge in [-0.25, -0.2) is 0 Å². The number of benzene rings is 1. The second kappa shape index (κ2) is 4.13. The van der Waals surface area contributed by atoms with Crippen LogP contribution in [0.5, 0.6) is 0 Å². The lowest BCUT2D eigenvalue weighted by Gasteiger charge is -2.00. The maximum Gasteiger partial charge on any atom is 0.134 e. The lowest BCUT2D eigenvalue weighted by atomic mass is 10.0. The first-order chi connectivity index (χ1) is 7.25. The minimum absolute atomic E-state index is 0.186. The fourth-order valence-electron chi connectivity index (χ4n) is 1.53. The molecule has 0 N–H and O–H groups in total. The van der Waals surface area contributed by atoms with Gasteiger partial charge in [0.15, 0.2) is 0 Å². The Morgan fingerprint density at radius 3 is 2.40 bits per heavy atom. The highest BCUT2D eigenvalue weighted by Gasteiger charge is 2.00. The quantitative estimate of drug-likeness (QED) is 0.762. The van der Waals surface area contributed by atoms with Crippen molar-refractivity contribution in [2.75, 3.05) is 0 Å². The molecule has 15 heavy (non-hydrogen) atoms. The van der Waals surface area contributed by atoms with E-state index in [0.29, 0.717) is 6.42 Å². The van der Waals surface area contributed by atoms with Crippen LogP contribution in [0.3, 0.4) is 0 Å². The van der Waals surface area contributed by atoms with Crippen LogP contribution in [-0.2, 0) is 11.2 Å². The van der Waals surface area contributed by atoms with E-state index in [1.807, 2.05) is 30.3 Å². The Labute approximate surface area is 88.5 Å². The monoisotopic (exact) mass is 200 g/mol. The van der Waals surface area contributed by atoms with E-state index in [2.05, 4.69) is 0 Å². The standard InChI is InChI=1S/C13H12O2/c1-10(14)8-11-2-4-12(5-3-11)13-6-7-15-9-13/h2-7,9H,8H2,1H3. The molecule has 2 nitrogen and oxygen atoms in total. The van der Waals surface area contributed by atoms with Gasteiger partial charge in [-0.15, -0.1) is 0 Å². The fourth-order valence-corrected chi connectivity index (χ4v) is 1.53. The Balaban J connectivity index is 2.21. The summed E-state index contributed by atoms with van der Waals surface area (Å²) >= 11 is 0. The Bertz CT molecular complexity index is 438. The smallest absolute Gasteiger partial charge is 0.134 e. The topological polar surface area (TPSA) is 30.2 Å². The van der Waals surface area contributed by atoms with Crippen molar-refractivity contribution in [1.29, 1.82) is 0 Å². The summed E-state index contributed by atoms with van der Waals surface area (Å²) in [5, 5.41) is 0. The predicted molar refractivity (Wildman–Crippen MR) is 58.5 cm³/mol. The number of carbonyl (C=O) groups excluding carboxylic acids is 1. The molecule has 1 heterocycles. The summed E-state index contributed by atoms with van der Waals surface area (Å²) in [6.45, 7) is 1.60. The van der Waals surface area contributed by atoms with E-state index < -0.39 is 0 Å². The maximum atomic E-state index is 10.9. The molecule has 0 saturated heterocycles. The van der Waals surface area contributed by atoms with Crippen molar-refractivity contribution in [1.82, 2.24) is 0 Å². The summed E-state index contributed by atoms with van der Waals surface area (Å²) in [7, 11) is 0. The molecule has 0 radical (unpaired) electrons. The molecule has 0 atom stereocenters. The number of hydrogen-bond acceptors (Lipinski definition) is 2. The number of rotatable bonds is 3. The predicted octanol–water partition coefficient (Wildman–Crippen LogP) is 3.08. The van der Waals surface area contributed by atoms with Gasteiger partial charge in [0.1, 0.15) is 5.78 Å². The van der Waals surface area contributed by atoms with Crippen LogP contribution in [0.4, 0.5) is 0 Å². The minimum atomic E-state index is 0.186.